The largest absolute Gasteiger partial charge is 0.477 e. The number of carboxylic acids is 1. The van der Waals surface area contributed by atoms with Gasteiger partial charge in [0, 0.05) is 17.9 Å². The van der Waals surface area contributed by atoms with Gasteiger partial charge in [-0.3, -0.25) is 4.79 Å². The highest BCUT2D eigenvalue weighted by Crippen LogP contribution is 2.47. The van der Waals surface area contributed by atoms with Crippen LogP contribution in [0.15, 0.2) is 22.0 Å². The summed E-state index contributed by atoms with van der Waals surface area (Å²) in [6.45, 7) is 0.737. The highest BCUT2D eigenvalue weighted by Gasteiger charge is 2.35. The fourth-order valence-electron chi connectivity index (χ4n) is 2.82. The lowest BCUT2D eigenvalue weighted by molar-refractivity contribution is -0.129. The summed E-state index contributed by atoms with van der Waals surface area (Å²) >= 11 is 1.52. The fraction of sp³-hybridized carbons (Fsp3) is 0.400. The van der Waals surface area contributed by atoms with Gasteiger partial charge in [0.2, 0.25) is 5.91 Å². The maximum Gasteiger partial charge on any atom is 0.350 e. The molecule has 3 aliphatic rings. The molecule has 0 unspecified atom stereocenters. The van der Waals surface area contributed by atoms with Crippen molar-refractivity contribution in [2.45, 2.75) is 24.2 Å². The zero-order valence-corrected chi connectivity index (χ0v) is 12.2. The first-order valence-corrected chi connectivity index (χ1v) is 8.02. The van der Waals surface area contributed by atoms with Crippen LogP contribution in [0.1, 0.15) is 18.4 Å². The van der Waals surface area contributed by atoms with E-state index in [1.165, 1.54) is 24.6 Å². The van der Waals surface area contributed by atoms with Crippen molar-refractivity contribution in [2.75, 3.05) is 17.2 Å². The highest BCUT2D eigenvalue weighted by atomic mass is 32.2. The zero-order chi connectivity index (χ0) is 14.6. The molecule has 6 heteroatoms. The van der Waals surface area contributed by atoms with Crippen LogP contribution in [0.5, 0.6) is 0 Å². The number of hydrogen-bond donors (Lipinski definition) is 1. The Morgan fingerprint density at radius 2 is 2.24 bits per heavy atom. The third kappa shape index (κ3) is 2.14. The quantitative estimate of drug-likeness (QED) is 0.929. The van der Waals surface area contributed by atoms with Gasteiger partial charge in [-0.15, -0.1) is 11.8 Å². The molecule has 2 heterocycles. The van der Waals surface area contributed by atoms with Crippen LogP contribution in [-0.2, 0) is 16.0 Å². The molecule has 1 amide bonds. The van der Waals surface area contributed by atoms with Gasteiger partial charge in [0.15, 0.2) is 0 Å². The molecule has 0 spiro atoms. The molecular formula is C15H14N2O3S. The number of nitrogens with zero attached hydrogens (tertiary/aromatic N) is 2. The van der Waals surface area contributed by atoms with Crippen molar-refractivity contribution in [1.82, 2.24) is 0 Å². The monoisotopic (exact) mass is 302 g/mol. The minimum absolute atomic E-state index is 0.103. The number of carboxylic acid groups (broad SMARTS) is 1. The van der Waals surface area contributed by atoms with E-state index in [-0.39, 0.29) is 11.6 Å². The molecule has 108 valence electrons. The lowest BCUT2D eigenvalue weighted by atomic mass is 10.1. The van der Waals surface area contributed by atoms with E-state index in [1.54, 1.807) is 0 Å². The lowest BCUT2D eigenvalue weighted by Crippen LogP contribution is -2.37. The molecular weight excluding hydrogens is 288 g/mol. The van der Waals surface area contributed by atoms with E-state index in [2.05, 4.69) is 4.99 Å². The van der Waals surface area contributed by atoms with Crippen molar-refractivity contribution in [2.24, 2.45) is 10.9 Å². The van der Waals surface area contributed by atoms with Gasteiger partial charge in [-0.05, 0) is 30.4 Å². The number of thioether (sulfide) groups is 1. The van der Waals surface area contributed by atoms with Crippen LogP contribution in [0.4, 0.5) is 11.4 Å². The predicted octanol–water partition coefficient (Wildman–Crippen LogP) is 2.25. The summed E-state index contributed by atoms with van der Waals surface area (Å²) in [6, 6.07) is 3.93. The maximum absolute atomic E-state index is 12.3. The van der Waals surface area contributed by atoms with Crippen LogP contribution in [0.25, 0.3) is 0 Å². The molecule has 0 atom stereocenters. The van der Waals surface area contributed by atoms with Crippen LogP contribution in [0, 0.1) is 5.92 Å². The van der Waals surface area contributed by atoms with Crippen molar-refractivity contribution in [3.63, 3.8) is 0 Å². The Bertz CT molecular complexity index is 694. The first kappa shape index (κ1) is 12.9. The number of aliphatic imine (C=N–C) groups is 1. The van der Waals surface area contributed by atoms with Gasteiger partial charge in [-0.1, -0.05) is 6.07 Å². The number of hydrogen-bond acceptors (Lipinski definition) is 4. The molecule has 4 rings (SSSR count). The summed E-state index contributed by atoms with van der Waals surface area (Å²) in [7, 11) is 0. The molecule has 1 N–H and O–H groups in total. The van der Waals surface area contributed by atoms with E-state index < -0.39 is 5.97 Å². The second-order valence-corrected chi connectivity index (χ2v) is 6.71. The average Bonchev–Trinajstić information content (AvgIpc) is 3.16. The smallest absolute Gasteiger partial charge is 0.350 e. The SMILES string of the molecule is O=C(O)C1=Nc2c(ccc3c2N(CC2CC2)C(=O)CS3)C1. The molecule has 1 aromatic carbocycles. The Morgan fingerprint density at radius 1 is 1.43 bits per heavy atom. The van der Waals surface area contributed by atoms with Crippen LogP contribution >= 0.6 is 11.8 Å². The lowest BCUT2D eigenvalue weighted by Gasteiger charge is -2.30. The third-order valence-corrected chi connectivity index (χ3v) is 5.14. The second kappa shape index (κ2) is 4.59. The third-order valence-electron chi connectivity index (χ3n) is 4.11. The Balaban J connectivity index is 1.82. The summed E-state index contributed by atoms with van der Waals surface area (Å²) in [6.07, 6.45) is 2.68. The Labute approximate surface area is 126 Å². The summed E-state index contributed by atoms with van der Waals surface area (Å²) in [5.41, 5.74) is 2.58. The van der Waals surface area contributed by atoms with Crippen molar-refractivity contribution in [3.05, 3.63) is 17.7 Å². The van der Waals surface area contributed by atoms with Gasteiger partial charge in [-0.2, -0.15) is 0 Å². The van der Waals surface area contributed by atoms with E-state index in [0.717, 1.165) is 22.7 Å². The first-order chi connectivity index (χ1) is 10.1. The Hall–Kier alpha value is -1.82. The first-order valence-electron chi connectivity index (χ1n) is 7.03. The number of aliphatic carboxylic acids is 1. The predicted molar refractivity (Wildman–Crippen MR) is 80.7 cm³/mol. The normalized spacial score (nSPS) is 20.1. The van der Waals surface area contributed by atoms with Gasteiger partial charge >= 0.3 is 5.97 Å². The van der Waals surface area contributed by atoms with E-state index in [1.807, 2.05) is 17.0 Å². The summed E-state index contributed by atoms with van der Waals surface area (Å²) < 4.78 is 0. The number of carbonyl (C=O) groups is 2. The minimum Gasteiger partial charge on any atom is -0.477 e. The van der Waals surface area contributed by atoms with E-state index in [0.29, 0.717) is 23.8 Å². The van der Waals surface area contributed by atoms with Gasteiger partial charge < -0.3 is 10.0 Å². The average molecular weight is 302 g/mol. The van der Waals surface area contributed by atoms with Gasteiger partial charge in [0.1, 0.15) is 5.71 Å². The van der Waals surface area contributed by atoms with E-state index >= 15 is 0 Å². The second-order valence-electron chi connectivity index (χ2n) is 5.70. The molecule has 1 saturated carbocycles. The number of carbonyl (C=O) groups excluding carboxylic acids is 1. The molecule has 0 saturated heterocycles. The van der Waals surface area contributed by atoms with Crippen molar-refractivity contribution < 1.29 is 14.7 Å². The van der Waals surface area contributed by atoms with Crippen LogP contribution in [0.3, 0.4) is 0 Å². The van der Waals surface area contributed by atoms with Crippen LogP contribution < -0.4 is 4.90 Å². The van der Waals surface area contributed by atoms with Gasteiger partial charge in [-0.25, -0.2) is 9.79 Å². The topological polar surface area (TPSA) is 70.0 Å². The van der Waals surface area contributed by atoms with Gasteiger partial charge in [0.05, 0.1) is 17.1 Å². The highest BCUT2D eigenvalue weighted by molar-refractivity contribution is 8.00. The van der Waals surface area contributed by atoms with E-state index in [9.17, 15) is 9.59 Å². The summed E-state index contributed by atoms with van der Waals surface area (Å²) in [4.78, 5) is 30.6. The van der Waals surface area contributed by atoms with Crippen molar-refractivity contribution in [3.8, 4) is 0 Å². The van der Waals surface area contributed by atoms with Crippen molar-refractivity contribution >= 4 is 40.7 Å². The Morgan fingerprint density at radius 3 is 2.95 bits per heavy atom. The molecule has 1 aliphatic carbocycles. The molecule has 0 bridgehead atoms. The molecule has 21 heavy (non-hydrogen) atoms. The molecule has 0 radical (unpaired) electrons. The molecule has 5 nitrogen and oxygen atoms in total. The van der Waals surface area contributed by atoms with Crippen LogP contribution in [-0.4, -0.2) is 35.0 Å². The maximum atomic E-state index is 12.3. The fourth-order valence-corrected chi connectivity index (χ4v) is 3.76. The molecule has 1 fully saturated rings. The number of anilines is 1. The molecule has 1 aromatic rings. The van der Waals surface area contributed by atoms with Crippen LogP contribution in [0.2, 0.25) is 0 Å². The number of fused-ring (bicyclic) bond motifs is 3. The number of amides is 1. The van der Waals surface area contributed by atoms with E-state index in [4.69, 9.17) is 5.11 Å². The minimum atomic E-state index is -0.983. The molecule has 2 aliphatic heterocycles. The zero-order valence-electron chi connectivity index (χ0n) is 11.3. The van der Waals surface area contributed by atoms with Gasteiger partial charge in [0.25, 0.3) is 0 Å². The number of benzene rings is 1. The molecule has 0 aromatic heterocycles. The number of rotatable bonds is 3. The van der Waals surface area contributed by atoms with Crippen molar-refractivity contribution in [1.29, 1.82) is 0 Å². The summed E-state index contributed by atoms with van der Waals surface area (Å²) in [5.74, 6) is 0.161. The standard InChI is InChI=1S/C15H14N2O3S/c18-12-7-21-11-4-3-9-5-10(15(19)20)16-13(9)14(11)17(12)6-8-1-2-8/h3-4,8H,1-2,5-7H2,(H,19,20). The summed E-state index contributed by atoms with van der Waals surface area (Å²) in [5, 5.41) is 9.15. The Kier molecular flexibility index (Phi) is 2.82.